The number of hydrogen-bond donors (Lipinski definition) is 2. The number of aryl methyl sites for hydroxylation is 1. The standard InChI is InChI=1S/C24H25N7O/c1-30-13-10-19-21(30)23(31-11-3-2-4-12-31)29-22(28-19)16-6-5-7-18(14-16)27-24(32)17-8-9-20(25)26-15-17/h5-10,13-15H,2-4,11-12H2,1H3,(H2,25,26)(H,27,32). The van der Waals surface area contributed by atoms with Gasteiger partial charge in [0.2, 0.25) is 0 Å². The lowest BCUT2D eigenvalue weighted by atomic mass is 10.1. The largest absolute Gasteiger partial charge is 0.384 e. The summed E-state index contributed by atoms with van der Waals surface area (Å²) in [5, 5.41) is 2.92. The number of amides is 1. The van der Waals surface area contributed by atoms with Crippen molar-refractivity contribution in [2.24, 2.45) is 7.05 Å². The molecule has 0 bridgehead atoms. The molecule has 1 aliphatic heterocycles. The highest BCUT2D eigenvalue weighted by molar-refractivity contribution is 6.04. The number of rotatable bonds is 4. The Labute approximate surface area is 186 Å². The number of hydrogen-bond acceptors (Lipinski definition) is 6. The number of anilines is 3. The number of nitrogens with one attached hydrogen (secondary N) is 1. The van der Waals surface area contributed by atoms with Crippen molar-refractivity contribution in [1.29, 1.82) is 0 Å². The highest BCUT2D eigenvalue weighted by Crippen LogP contribution is 2.30. The first-order valence-electron chi connectivity index (χ1n) is 10.8. The third kappa shape index (κ3) is 3.87. The van der Waals surface area contributed by atoms with E-state index in [1.54, 1.807) is 12.1 Å². The second-order valence-corrected chi connectivity index (χ2v) is 8.09. The van der Waals surface area contributed by atoms with Crippen LogP contribution in [0.4, 0.5) is 17.3 Å². The van der Waals surface area contributed by atoms with E-state index >= 15 is 0 Å². The van der Waals surface area contributed by atoms with Crippen LogP contribution in [0, 0.1) is 0 Å². The van der Waals surface area contributed by atoms with E-state index < -0.39 is 0 Å². The molecular formula is C24H25N7O. The molecule has 8 nitrogen and oxygen atoms in total. The van der Waals surface area contributed by atoms with Gasteiger partial charge in [0.15, 0.2) is 11.6 Å². The van der Waals surface area contributed by atoms with Crippen LogP contribution in [0.15, 0.2) is 54.9 Å². The average molecular weight is 428 g/mol. The van der Waals surface area contributed by atoms with Gasteiger partial charge >= 0.3 is 0 Å². The van der Waals surface area contributed by atoms with Gasteiger partial charge in [0, 0.05) is 43.8 Å². The van der Waals surface area contributed by atoms with Crippen molar-refractivity contribution in [2.45, 2.75) is 19.3 Å². The summed E-state index contributed by atoms with van der Waals surface area (Å²) in [6.07, 6.45) is 7.09. The third-order valence-corrected chi connectivity index (χ3v) is 5.78. The van der Waals surface area contributed by atoms with E-state index in [4.69, 9.17) is 15.7 Å². The number of carbonyl (C=O) groups excluding carboxylic acids is 1. The minimum Gasteiger partial charge on any atom is -0.384 e. The van der Waals surface area contributed by atoms with E-state index in [-0.39, 0.29) is 5.91 Å². The third-order valence-electron chi connectivity index (χ3n) is 5.78. The molecule has 1 amide bonds. The zero-order valence-corrected chi connectivity index (χ0v) is 18.0. The van der Waals surface area contributed by atoms with Crippen molar-refractivity contribution in [1.82, 2.24) is 19.5 Å². The molecule has 0 atom stereocenters. The number of fused-ring (bicyclic) bond motifs is 1. The van der Waals surface area contributed by atoms with E-state index in [2.05, 4.69) is 19.8 Å². The summed E-state index contributed by atoms with van der Waals surface area (Å²) in [6, 6.07) is 12.9. The van der Waals surface area contributed by atoms with Gasteiger partial charge in [0.05, 0.1) is 11.1 Å². The van der Waals surface area contributed by atoms with Gasteiger partial charge in [-0.2, -0.15) is 0 Å². The van der Waals surface area contributed by atoms with Crippen LogP contribution in [0.3, 0.4) is 0 Å². The molecule has 1 aromatic carbocycles. The second kappa shape index (κ2) is 8.30. The molecule has 3 aromatic heterocycles. The molecule has 0 aliphatic carbocycles. The molecule has 5 rings (SSSR count). The van der Waals surface area contributed by atoms with E-state index in [1.807, 2.05) is 43.6 Å². The van der Waals surface area contributed by atoms with E-state index in [9.17, 15) is 4.79 Å². The number of pyridine rings is 1. The molecule has 8 heteroatoms. The van der Waals surface area contributed by atoms with Crippen molar-refractivity contribution in [3.05, 3.63) is 60.4 Å². The number of nitrogens with two attached hydrogens (primary N) is 1. The average Bonchev–Trinajstić information content (AvgIpc) is 3.20. The topological polar surface area (TPSA) is 102 Å². The lowest BCUT2D eigenvalue weighted by Crippen LogP contribution is -2.30. The van der Waals surface area contributed by atoms with E-state index in [0.717, 1.165) is 35.5 Å². The zero-order chi connectivity index (χ0) is 22.1. The first kappa shape index (κ1) is 20.0. The Kier molecular flexibility index (Phi) is 5.18. The van der Waals surface area contributed by atoms with Crippen LogP contribution in [0.5, 0.6) is 0 Å². The normalized spacial score (nSPS) is 14.0. The lowest BCUT2D eigenvalue weighted by Gasteiger charge is -2.28. The van der Waals surface area contributed by atoms with Crippen molar-refractivity contribution in [2.75, 3.05) is 29.0 Å². The molecule has 0 radical (unpaired) electrons. The van der Waals surface area contributed by atoms with Crippen molar-refractivity contribution < 1.29 is 4.79 Å². The predicted molar refractivity (Wildman–Crippen MR) is 127 cm³/mol. The Morgan fingerprint density at radius 2 is 1.91 bits per heavy atom. The summed E-state index contributed by atoms with van der Waals surface area (Å²) in [4.78, 5) is 28.7. The van der Waals surface area contributed by atoms with Gasteiger partial charge in [-0.3, -0.25) is 4.79 Å². The fraction of sp³-hybridized carbons (Fsp3) is 0.250. The fourth-order valence-corrected chi connectivity index (χ4v) is 4.11. The number of nitrogen functional groups attached to an aromatic ring is 1. The number of aromatic nitrogens is 4. The Morgan fingerprint density at radius 3 is 2.69 bits per heavy atom. The molecule has 0 unspecified atom stereocenters. The van der Waals surface area contributed by atoms with Crippen LogP contribution < -0.4 is 16.0 Å². The minimum atomic E-state index is -0.247. The monoisotopic (exact) mass is 427 g/mol. The van der Waals surface area contributed by atoms with Gasteiger partial charge in [-0.15, -0.1) is 0 Å². The first-order chi connectivity index (χ1) is 15.6. The number of piperidine rings is 1. The molecular weight excluding hydrogens is 402 g/mol. The summed E-state index contributed by atoms with van der Waals surface area (Å²) < 4.78 is 2.08. The molecule has 4 heterocycles. The Balaban J connectivity index is 1.49. The molecule has 32 heavy (non-hydrogen) atoms. The molecule has 3 N–H and O–H groups in total. The van der Waals surface area contributed by atoms with Crippen LogP contribution >= 0.6 is 0 Å². The van der Waals surface area contributed by atoms with Crippen molar-refractivity contribution in [3.63, 3.8) is 0 Å². The summed E-state index contributed by atoms with van der Waals surface area (Å²) in [7, 11) is 2.03. The van der Waals surface area contributed by atoms with Crippen LogP contribution in [0.2, 0.25) is 0 Å². The molecule has 1 fully saturated rings. The summed E-state index contributed by atoms with van der Waals surface area (Å²) in [5.74, 6) is 1.75. The van der Waals surface area contributed by atoms with Gasteiger partial charge in [-0.05, 0) is 49.6 Å². The summed E-state index contributed by atoms with van der Waals surface area (Å²) >= 11 is 0. The van der Waals surface area contributed by atoms with Gasteiger partial charge in [0.25, 0.3) is 5.91 Å². The van der Waals surface area contributed by atoms with Gasteiger partial charge in [0.1, 0.15) is 11.3 Å². The zero-order valence-electron chi connectivity index (χ0n) is 18.0. The molecule has 0 spiro atoms. The van der Waals surface area contributed by atoms with Crippen molar-refractivity contribution in [3.8, 4) is 11.4 Å². The first-order valence-corrected chi connectivity index (χ1v) is 10.8. The summed E-state index contributed by atoms with van der Waals surface area (Å²) in [5.41, 5.74) is 9.54. The molecule has 1 saturated heterocycles. The number of benzene rings is 1. The molecule has 0 saturated carbocycles. The predicted octanol–water partition coefficient (Wildman–Crippen LogP) is 3.86. The maximum Gasteiger partial charge on any atom is 0.257 e. The number of nitrogens with zero attached hydrogens (tertiary/aromatic N) is 5. The lowest BCUT2D eigenvalue weighted by molar-refractivity contribution is 0.102. The molecule has 162 valence electrons. The van der Waals surface area contributed by atoms with Gasteiger partial charge in [-0.25, -0.2) is 15.0 Å². The Morgan fingerprint density at radius 1 is 1.06 bits per heavy atom. The number of carbonyl (C=O) groups is 1. The molecule has 1 aliphatic rings. The SMILES string of the molecule is Cn1ccc2nc(-c3cccc(NC(=O)c4ccc(N)nc4)c3)nc(N3CCCCC3)c21. The Hall–Kier alpha value is -3.94. The highest BCUT2D eigenvalue weighted by Gasteiger charge is 2.20. The minimum absolute atomic E-state index is 0.247. The quantitative estimate of drug-likeness (QED) is 0.513. The van der Waals surface area contributed by atoms with Crippen LogP contribution in [-0.2, 0) is 7.05 Å². The van der Waals surface area contributed by atoms with Crippen molar-refractivity contribution >= 4 is 34.3 Å². The van der Waals surface area contributed by atoms with Crippen LogP contribution in [-0.4, -0.2) is 38.5 Å². The van der Waals surface area contributed by atoms with E-state index in [0.29, 0.717) is 22.9 Å². The maximum absolute atomic E-state index is 12.6. The van der Waals surface area contributed by atoms with E-state index in [1.165, 1.54) is 25.5 Å². The van der Waals surface area contributed by atoms with Crippen LogP contribution in [0.1, 0.15) is 29.6 Å². The fourth-order valence-electron chi connectivity index (χ4n) is 4.11. The smallest absolute Gasteiger partial charge is 0.257 e. The maximum atomic E-state index is 12.6. The molecule has 4 aromatic rings. The Bertz CT molecular complexity index is 1270. The second-order valence-electron chi connectivity index (χ2n) is 8.09. The summed E-state index contributed by atoms with van der Waals surface area (Å²) in [6.45, 7) is 2.00. The highest BCUT2D eigenvalue weighted by atomic mass is 16.1. The van der Waals surface area contributed by atoms with Gasteiger partial charge in [-0.1, -0.05) is 12.1 Å². The van der Waals surface area contributed by atoms with Crippen LogP contribution in [0.25, 0.3) is 22.4 Å². The van der Waals surface area contributed by atoms with Gasteiger partial charge < -0.3 is 20.5 Å².